The first-order chi connectivity index (χ1) is 14.0. The second-order valence-electron chi connectivity index (χ2n) is 7.80. The van der Waals surface area contributed by atoms with Crippen LogP contribution < -0.4 is 10.1 Å². The molecule has 1 aliphatic rings. The zero-order valence-electron chi connectivity index (χ0n) is 18.0. The fourth-order valence-electron chi connectivity index (χ4n) is 3.09. The molecule has 0 aliphatic heterocycles. The Kier molecular flexibility index (Phi) is 10.1. The Morgan fingerprint density at radius 1 is 1.34 bits per heavy atom. The molecular formula is C24H34Cl2N2O. The molecule has 1 aromatic heterocycles. The minimum Gasteiger partial charge on any atom is -0.476 e. The van der Waals surface area contributed by atoms with Crippen molar-refractivity contribution in [3.8, 4) is 5.88 Å². The summed E-state index contributed by atoms with van der Waals surface area (Å²) in [7, 11) is 0. The summed E-state index contributed by atoms with van der Waals surface area (Å²) in [6.07, 6.45) is 11.9. The van der Waals surface area contributed by atoms with Crippen molar-refractivity contribution in [2.45, 2.75) is 72.3 Å². The van der Waals surface area contributed by atoms with Crippen LogP contribution in [-0.4, -0.2) is 11.6 Å². The smallest absolute Gasteiger partial charge is 0.232 e. The first-order valence-electron chi connectivity index (χ1n) is 10.7. The zero-order valence-corrected chi connectivity index (χ0v) is 19.5. The molecule has 0 saturated heterocycles. The van der Waals surface area contributed by atoms with Gasteiger partial charge in [0, 0.05) is 29.5 Å². The highest BCUT2D eigenvalue weighted by Crippen LogP contribution is 2.31. The van der Waals surface area contributed by atoms with Gasteiger partial charge in [0.15, 0.2) is 0 Å². The Morgan fingerprint density at radius 2 is 2.10 bits per heavy atom. The molecule has 1 aromatic rings. The fourth-order valence-corrected chi connectivity index (χ4v) is 3.50. The predicted molar refractivity (Wildman–Crippen MR) is 125 cm³/mol. The highest BCUT2D eigenvalue weighted by Gasteiger charge is 2.22. The van der Waals surface area contributed by atoms with E-state index in [1.165, 1.54) is 36.8 Å². The van der Waals surface area contributed by atoms with Crippen LogP contribution in [0.25, 0.3) is 0 Å². The van der Waals surface area contributed by atoms with Gasteiger partial charge in [0.1, 0.15) is 5.02 Å². The Bertz CT molecular complexity index is 751. The maximum Gasteiger partial charge on any atom is 0.232 e. The Balaban J connectivity index is 2.03. The molecule has 0 radical (unpaired) electrons. The van der Waals surface area contributed by atoms with E-state index in [9.17, 15) is 0 Å². The molecule has 0 spiro atoms. The van der Waals surface area contributed by atoms with Gasteiger partial charge in [-0.2, -0.15) is 0 Å². The van der Waals surface area contributed by atoms with Gasteiger partial charge in [-0.3, -0.25) is 0 Å². The van der Waals surface area contributed by atoms with E-state index in [2.05, 4.69) is 37.7 Å². The number of nitrogens with one attached hydrogen (secondary N) is 1. The van der Waals surface area contributed by atoms with Crippen molar-refractivity contribution in [1.82, 2.24) is 10.3 Å². The molecule has 1 saturated carbocycles. The quantitative estimate of drug-likeness (QED) is 0.255. The van der Waals surface area contributed by atoms with Gasteiger partial charge in [-0.1, -0.05) is 62.0 Å². The second kappa shape index (κ2) is 12.3. The maximum absolute atomic E-state index is 6.36. The van der Waals surface area contributed by atoms with Gasteiger partial charge in [0.2, 0.25) is 5.88 Å². The Morgan fingerprint density at radius 3 is 2.69 bits per heavy atom. The third-order valence-electron chi connectivity index (χ3n) is 5.26. The van der Waals surface area contributed by atoms with Crippen LogP contribution in [0.3, 0.4) is 0 Å². The molecule has 5 heteroatoms. The number of aromatic nitrogens is 1. The molecule has 0 atom stereocenters. The van der Waals surface area contributed by atoms with Crippen LogP contribution >= 0.6 is 23.2 Å². The monoisotopic (exact) mass is 436 g/mol. The molecule has 29 heavy (non-hydrogen) atoms. The lowest BCUT2D eigenvalue weighted by atomic mass is 9.94. The van der Waals surface area contributed by atoms with E-state index in [0.717, 1.165) is 30.4 Å². The lowest BCUT2D eigenvalue weighted by Crippen LogP contribution is -2.09. The van der Waals surface area contributed by atoms with Crippen molar-refractivity contribution < 1.29 is 4.74 Å². The largest absolute Gasteiger partial charge is 0.476 e. The van der Waals surface area contributed by atoms with Crippen LogP contribution in [0.2, 0.25) is 5.02 Å². The number of hydrogen-bond donors (Lipinski definition) is 1. The van der Waals surface area contributed by atoms with Crippen LogP contribution in [0.5, 0.6) is 5.88 Å². The highest BCUT2D eigenvalue weighted by atomic mass is 35.5. The summed E-state index contributed by atoms with van der Waals surface area (Å²) in [5, 5.41) is 4.48. The van der Waals surface area contributed by atoms with E-state index in [1.807, 2.05) is 12.3 Å². The molecule has 0 bridgehead atoms. The van der Waals surface area contributed by atoms with E-state index < -0.39 is 0 Å². The fraction of sp³-hybridized carbons (Fsp3) is 0.542. The first kappa shape index (κ1) is 23.8. The Labute approximate surface area is 186 Å². The van der Waals surface area contributed by atoms with E-state index >= 15 is 0 Å². The van der Waals surface area contributed by atoms with Crippen LogP contribution in [0.1, 0.15) is 71.3 Å². The molecule has 1 N–H and O–H groups in total. The summed E-state index contributed by atoms with van der Waals surface area (Å²) >= 11 is 12.7. The standard InChI is InChI=1S/C24H34Cl2N2O/c1-5-7-8-9-21(17(3)6-2)22(18(4)25)15-27-13-20-12-23(26)24(28-14-20)29-16-19-10-11-19/h12,14-15,19,27H,4-11,13,16H2,1-3H3/b21-17-,22-15-. The van der Waals surface area contributed by atoms with Crippen molar-refractivity contribution in [3.63, 3.8) is 0 Å². The average Bonchev–Trinajstić information content (AvgIpc) is 3.52. The van der Waals surface area contributed by atoms with Crippen molar-refractivity contribution >= 4 is 23.2 Å². The third-order valence-corrected chi connectivity index (χ3v) is 5.74. The van der Waals surface area contributed by atoms with E-state index in [1.54, 1.807) is 6.20 Å². The average molecular weight is 437 g/mol. The number of halogens is 2. The summed E-state index contributed by atoms with van der Waals surface area (Å²) in [5.41, 5.74) is 4.64. The number of pyridine rings is 1. The molecular weight excluding hydrogens is 403 g/mol. The number of hydrogen-bond acceptors (Lipinski definition) is 3. The van der Waals surface area contributed by atoms with E-state index in [-0.39, 0.29) is 0 Å². The second-order valence-corrected chi connectivity index (χ2v) is 8.66. The molecule has 1 aliphatic carbocycles. The molecule has 1 heterocycles. The molecule has 160 valence electrons. The number of ether oxygens (including phenoxy) is 1. The number of allylic oxidation sites excluding steroid dienone is 4. The van der Waals surface area contributed by atoms with Crippen molar-refractivity contribution in [2.24, 2.45) is 5.92 Å². The molecule has 3 nitrogen and oxygen atoms in total. The van der Waals surface area contributed by atoms with Gasteiger partial charge in [0.05, 0.1) is 6.61 Å². The first-order valence-corrected chi connectivity index (χ1v) is 11.5. The summed E-state index contributed by atoms with van der Waals surface area (Å²) < 4.78 is 5.70. The molecule has 1 fully saturated rings. The number of unbranched alkanes of at least 4 members (excludes halogenated alkanes) is 2. The van der Waals surface area contributed by atoms with Crippen molar-refractivity contribution in [2.75, 3.05) is 6.61 Å². The van der Waals surface area contributed by atoms with Gasteiger partial charge < -0.3 is 10.1 Å². The van der Waals surface area contributed by atoms with Crippen LogP contribution in [0, 0.1) is 5.92 Å². The van der Waals surface area contributed by atoms with Gasteiger partial charge in [0.25, 0.3) is 0 Å². The number of rotatable bonds is 13. The molecule has 2 rings (SSSR count). The SMILES string of the molecule is C=C(Cl)C(=C/NCc1cnc(OCC2CC2)c(Cl)c1)/C(CCCCC)=C(/C)CC. The molecule has 0 amide bonds. The number of nitrogens with zero attached hydrogens (tertiary/aromatic N) is 1. The zero-order chi connectivity index (χ0) is 21.2. The van der Waals surface area contributed by atoms with Gasteiger partial charge in [-0.15, -0.1) is 0 Å². The predicted octanol–water partition coefficient (Wildman–Crippen LogP) is 7.56. The van der Waals surface area contributed by atoms with Crippen LogP contribution in [0.4, 0.5) is 0 Å². The Hall–Kier alpha value is -1.45. The summed E-state index contributed by atoms with van der Waals surface area (Å²) in [6.45, 7) is 11.9. The molecule has 0 unspecified atom stereocenters. The lowest BCUT2D eigenvalue weighted by molar-refractivity contribution is 0.288. The summed E-state index contributed by atoms with van der Waals surface area (Å²) in [4.78, 5) is 4.37. The van der Waals surface area contributed by atoms with Crippen molar-refractivity contribution in [1.29, 1.82) is 0 Å². The summed E-state index contributed by atoms with van der Waals surface area (Å²) in [6, 6.07) is 1.90. The van der Waals surface area contributed by atoms with Gasteiger partial charge >= 0.3 is 0 Å². The third kappa shape index (κ3) is 8.06. The molecule has 0 aromatic carbocycles. The highest BCUT2D eigenvalue weighted by molar-refractivity contribution is 6.32. The van der Waals surface area contributed by atoms with Crippen molar-refractivity contribution in [3.05, 3.63) is 57.4 Å². The van der Waals surface area contributed by atoms with Crippen LogP contribution in [-0.2, 0) is 6.54 Å². The van der Waals surface area contributed by atoms with E-state index in [0.29, 0.717) is 35.0 Å². The van der Waals surface area contributed by atoms with E-state index in [4.69, 9.17) is 27.9 Å². The lowest BCUT2D eigenvalue weighted by Gasteiger charge is -2.16. The normalized spacial score (nSPS) is 15.1. The minimum absolute atomic E-state index is 0.521. The minimum atomic E-state index is 0.521. The topological polar surface area (TPSA) is 34.2 Å². The maximum atomic E-state index is 6.36. The van der Waals surface area contributed by atoms with Gasteiger partial charge in [-0.05, 0) is 62.1 Å². The van der Waals surface area contributed by atoms with Gasteiger partial charge in [-0.25, -0.2) is 4.98 Å². The van der Waals surface area contributed by atoms with Crippen LogP contribution in [0.15, 0.2) is 46.8 Å². The summed E-state index contributed by atoms with van der Waals surface area (Å²) in [5.74, 6) is 1.19.